The summed E-state index contributed by atoms with van der Waals surface area (Å²) >= 11 is 4.14. The van der Waals surface area contributed by atoms with Crippen molar-refractivity contribution in [3.8, 4) is 0 Å². The molecule has 174 valence electrons. The van der Waals surface area contributed by atoms with Gasteiger partial charge in [-0.25, -0.2) is 0 Å². The van der Waals surface area contributed by atoms with Crippen molar-refractivity contribution in [3.05, 3.63) is 11.6 Å². The Kier molecular flexibility index (Phi) is 5.69. The molecule has 0 heterocycles. The van der Waals surface area contributed by atoms with E-state index in [1.165, 1.54) is 5.57 Å². The molecule has 0 aliphatic heterocycles. The lowest BCUT2D eigenvalue weighted by Crippen LogP contribution is -2.70. The largest absolute Gasteiger partial charge is 0.392 e. The van der Waals surface area contributed by atoms with Crippen LogP contribution in [0.5, 0.6) is 0 Å². The van der Waals surface area contributed by atoms with Crippen LogP contribution < -0.4 is 0 Å². The van der Waals surface area contributed by atoms with Crippen molar-refractivity contribution in [3.63, 3.8) is 0 Å². The number of carbonyl (C=O) groups is 2. The van der Waals surface area contributed by atoms with E-state index in [4.69, 9.17) is 9.47 Å². The topological polar surface area (TPSA) is 72.8 Å². The molecule has 4 aliphatic rings. The summed E-state index contributed by atoms with van der Waals surface area (Å²) in [6.45, 7) is 10.4. The Morgan fingerprint density at radius 2 is 1.94 bits per heavy atom. The minimum atomic E-state index is -0.966. The highest BCUT2D eigenvalue weighted by Crippen LogP contribution is 2.73. The maximum absolute atomic E-state index is 13.2. The van der Waals surface area contributed by atoms with Gasteiger partial charge in [-0.05, 0) is 62.4 Å². The number of Topliss-reactive ketones (excluding diaryl/α,β-unsaturated/α-hetero) is 1. The molecule has 3 fully saturated rings. The molecule has 0 amide bonds. The zero-order valence-corrected chi connectivity index (χ0v) is 21.3. The fraction of sp³-hybridized carbons (Fsp3) is 0.840. The quantitative estimate of drug-likeness (QED) is 0.459. The molecule has 5 nitrogen and oxygen atoms in total. The van der Waals surface area contributed by atoms with Crippen LogP contribution in [-0.2, 0) is 19.1 Å². The van der Waals surface area contributed by atoms with Gasteiger partial charge >= 0.3 is 0 Å². The summed E-state index contributed by atoms with van der Waals surface area (Å²) in [4.78, 5) is 25.4. The minimum absolute atomic E-state index is 0.0234. The predicted octanol–water partition coefficient (Wildman–Crippen LogP) is 4.45. The number of halogens is 1. The van der Waals surface area contributed by atoms with E-state index >= 15 is 0 Å². The predicted molar refractivity (Wildman–Crippen MR) is 122 cm³/mol. The molecule has 0 aromatic rings. The normalized spacial score (nSPS) is 51.5. The second kappa shape index (κ2) is 7.48. The Balaban J connectivity index is 1.85. The van der Waals surface area contributed by atoms with Gasteiger partial charge in [-0.2, -0.15) is 0 Å². The first-order valence-electron chi connectivity index (χ1n) is 11.7. The fourth-order valence-electron chi connectivity index (χ4n) is 8.60. The van der Waals surface area contributed by atoms with Gasteiger partial charge in [0.15, 0.2) is 11.6 Å². The van der Waals surface area contributed by atoms with Gasteiger partial charge in [-0.1, -0.05) is 49.2 Å². The summed E-state index contributed by atoms with van der Waals surface area (Å²) in [5, 5.41) is 11.8. The van der Waals surface area contributed by atoms with Crippen LogP contribution in [0.1, 0.15) is 66.7 Å². The number of aliphatic hydroxyl groups is 1. The first kappa shape index (κ1) is 23.6. The van der Waals surface area contributed by atoms with Crippen molar-refractivity contribution in [2.75, 3.05) is 13.9 Å². The molecule has 0 aromatic heterocycles. The van der Waals surface area contributed by atoms with E-state index in [-0.39, 0.29) is 47.4 Å². The highest BCUT2D eigenvalue weighted by molar-refractivity contribution is 9.10. The van der Waals surface area contributed by atoms with Gasteiger partial charge in [0, 0.05) is 24.4 Å². The number of alkyl halides is 1. The molecule has 0 radical (unpaired) electrons. The number of ketones is 2. The molecule has 9 atom stereocenters. The Hall–Kier alpha value is -0.560. The third kappa shape index (κ3) is 2.77. The Labute approximate surface area is 194 Å². The van der Waals surface area contributed by atoms with Crippen LogP contribution in [-0.4, -0.2) is 46.6 Å². The summed E-state index contributed by atoms with van der Waals surface area (Å²) in [7, 11) is 1.58. The number of methoxy groups -OCH3 is 1. The zero-order valence-electron chi connectivity index (χ0n) is 19.7. The molecular formula is C25H37BrO5. The second-order valence-electron chi connectivity index (χ2n) is 11.1. The van der Waals surface area contributed by atoms with Gasteiger partial charge in [0.25, 0.3) is 0 Å². The summed E-state index contributed by atoms with van der Waals surface area (Å²) in [6.07, 6.45) is 4.73. The molecule has 1 N–H and O–H groups in total. The molecule has 0 bridgehead atoms. The maximum atomic E-state index is 13.2. The van der Waals surface area contributed by atoms with Crippen molar-refractivity contribution in [1.82, 2.24) is 0 Å². The number of ether oxygens (including phenoxy) is 2. The van der Waals surface area contributed by atoms with Gasteiger partial charge < -0.3 is 14.6 Å². The Bertz CT molecular complexity index is 825. The number of aliphatic hydroxyl groups excluding tert-OH is 1. The number of hydrogen-bond donors (Lipinski definition) is 1. The van der Waals surface area contributed by atoms with E-state index in [0.29, 0.717) is 12.8 Å². The summed E-state index contributed by atoms with van der Waals surface area (Å²) in [5.74, 6) is 0.926. The van der Waals surface area contributed by atoms with E-state index in [1.54, 1.807) is 14.0 Å². The minimum Gasteiger partial charge on any atom is -0.392 e. The van der Waals surface area contributed by atoms with Crippen LogP contribution in [0.2, 0.25) is 0 Å². The number of fused-ring (bicyclic) bond motifs is 5. The van der Waals surface area contributed by atoms with E-state index in [1.807, 2.05) is 6.08 Å². The third-order valence-corrected chi connectivity index (χ3v) is 11.8. The number of rotatable bonds is 4. The van der Waals surface area contributed by atoms with Crippen molar-refractivity contribution in [2.24, 2.45) is 34.5 Å². The number of carbonyl (C=O) groups excluding carboxylic acids is 2. The van der Waals surface area contributed by atoms with E-state index in [9.17, 15) is 14.7 Å². The van der Waals surface area contributed by atoms with E-state index < -0.39 is 21.4 Å². The molecule has 4 aliphatic carbocycles. The number of allylic oxidation sites excluding steroid dienone is 1. The average Bonchev–Trinajstić information content (AvgIpc) is 2.91. The summed E-state index contributed by atoms with van der Waals surface area (Å²) in [6, 6.07) is 0. The van der Waals surface area contributed by atoms with Crippen LogP contribution in [0.3, 0.4) is 0 Å². The molecule has 3 saturated carbocycles. The monoisotopic (exact) mass is 496 g/mol. The van der Waals surface area contributed by atoms with Crippen LogP contribution in [0, 0.1) is 34.5 Å². The lowest BCUT2D eigenvalue weighted by molar-refractivity contribution is -0.217. The highest BCUT2D eigenvalue weighted by atomic mass is 79.9. The Morgan fingerprint density at radius 3 is 2.55 bits per heavy atom. The molecule has 0 unspecified atom stereocenters. The molecule has 6 heteroatoms. The average molecular weight is 497 g/mol. The standard InChI is InChI=1S/C25H37BrO5/c1-14-9-20-19-10-15(2)25(16(3)27,31-13-30-6)23(19,5)12-21(29)24(20,26)22(4)8-7-17(28)11-18(14)22/h11,14-15,19-21,29H,7-10,12-13H2,1-6H3/t14-,15-,19-,20-,21-,22-,23-,24-,25-/m0/s1. The SMILES string of the molecule is COCO[C@]1(C(C)=O)[C@@H](C)C[C@H]2[C@@H]3C[C@H](C)C4=CC(=O)CC[C@]4(C)[C@@]3(Br)[C@@H](O)C[C@@]21C. The van der Waals surface area contributed by atoms with Crippen molar-refractivity contribution in [1.29, 1.82) is 0 Å². The highest BCUT2D eigenvalue weighted by Gasteiger charge is 2.75. The maximum Gasteiger partial charge on any atom is 0.162 e. The third-order valence-electron chi connectivity index (χ3n) is 9.83. The van der Waals surface area contributed by atoms with Gasteiger partial charge in [-0.3, -0.25) is 9.59 Å². The van der Waals surface area contributed by atoms with Crippen molar-refractivity contribution in [2.45, 2.75) is 82.8 Å². The summed E-state index contributed by atoms with van der Waals surface area (Å²) < 4.78 is 11.0. The molecular weight excluding hydrogens is 460 g/mol. The van der Waals surface area contributed by atoms with Gasteiger partial charge in [0.2, 0.25) is 0 Å². The molecule has 4 rings (SSSR count). The van der Waals surface area contributed by atoms with Crippen LogP contribution >= 0.6 is 15.9 Å². The van der Waals surface area contributed by atoms with Gasteiger partial charge in [0.1, 0.15) is 12.4 Å². The van der Waals surface area contributed by atoms with E-state index in [0.717, 1.165) is 19.3 Å². The molecule has 0 spiro atoms. The zero-order chi connectivity index (χ0) is 23.0. The summed E-state index contributed by atoms with van der Waals surface area (Å²) in [5.41, 5.74) is -0.563. The van der Waals surface area contributed by atoms with Gasteiger partial charge in [-0.15, -0.1) is 0 Å². The van der Waals surface area contributed by atoms with E-state index in [2.05, 4.69) is 43.6 Å². The van der Waals surface area contributed by atoms with Crippen molar-refractivity contribution < 1.29 is 24.2 Å². The van der Waals surface area contributed by atoms with Crippen molar-refractivity contribution >= 4 is 27.5 Å². The van der Waals surface area contributed by atoms with Crippen LogP contribution in [0.4, 0.5) is 0 Å². The van der Waals surface area contributed by atoms with Gasteiger partial charge in [0.05, 0.1) is 10.4 Å². The lowest BCUT2D eigenvalue weighted by atomic mass is 9.43. The molecule has 0 aromatic carbocycles. The fourth-order valence-corrected chi connectivity index (χ4v) is 9.69. The molecule has 0 saturated heterocycles. The second-order valence-corrected chi connectivity index (χ2v) is 12.4. The first-order valence-corrected chi connectivity index (χ1v) is 12.4. The Morgan fingerprint density at radius 1 is 1.26 bits per heavy atom. The van der Waals surface area contributed by atoms with Crippen LogP contribution in [0.15, 0.2) is 11.6 Å². The number of hydrogen-bond acceptors (Lipinski definition) is 5. The smallest absolute Gasteiger partial charge is 0.162 e. The lowest BCUT2D eigenvalue weighted by Gasteiger charge is -2.66. The first-order chi connectivity index (χ1) is 14.4. The van der Waals surface area contributed by atoms with Crippen LogP contribution in [0.25, 0.3) is 0 Å². The molecule has 31 heavy (non-hydrogen) atoms.